The minimum Gasteiger partial charge on any atom is -0.305 e. The molecule has 3 aromatic rings. The molecule has 0 saturated carbocycles. The van der Waals surface area contributed by atoms with E-state index < -0.39 is 0 Å². The molecule has 3 heterocycles. The third-order valence-electron chi connectivity index (χ3n) is 4.07. The van der Waals surface area contributed by atoms with Crippen LogP contribution in [0.3, 0.4) is 0 Å². The third-order valence-corrected chi connectivity index (χ3v) is 7.47. The lowest BCUT2D eigenvalue weighted by atomic mass is 10.2. The minimum absolute atomic E-state index is 0.0244. The number of anilines is 1. The van der Waals surface area contributed by atoms with E-state index >= 15 is 0 Å². The molecule has 8 nitrogen and oxygen atoms in total. The minimum atomic E-state index is -0.243. The van der Waals surface area contributed by atoms with Gasteiger partial charge in [0, 0.05) is 16.2 Å². The second-order valence-corrected chi connectivity index (χ2v) is 10.9. The van der Waals surface area contributed by atoms with E-state index in [4.69, 9.17) is 10.8 Å². The van der Waals surface area contributed by atoms with Crippen LogP contribution in [0.25, 0.3) is 0 Å². The summed E-state index contributed by atoms with van der Waals surface area (Å²) in [6.45, 7) is 0. The lowest BCUT2D eigenvalue weighted by Gasteiger charge is -2.06. The normalized spacial score (nSPS) is 10.6. The molecule has 0 atom stereocenters. The van der Waals surface area contributed by atoms with Crippen LogP contribution in [0.1, 0.15) is 34.0 Å². The van der Waals surface area contributed by atoms with Gasteiger partial charge in [0.25, 0.3) is 0 Å². The van der Waals surface area contributed by atoms with Crippen LogP contribution in [0.15, 0.2) is 35.0 Å². The molecule has 0 spiro atoms. The van der Waals surface area contributed by atoms with E-state index in [1.165, 1.54) is 22.7 Å². The number of unbranched alkanes of at least 4 members (excludes halogenated alkanes) is 1. The Labute approximate surface area is 201 Å². The van der Waals surface area contributed by atoms with E-state index in [0.717, 1.165) is 39.4 Å². The fourth-order valence-corrected chi connectivity index (χ4v) is 5.51. The average Bonchev–Trinajstić information content (AvgIpc) is 3.49. The molecule has 4 N–H and O–H groups in total. The Morgan fingerprint density at radius 1 is 0.969 bits per heavy atom. The van der Waals surface area contributed by atoms with Gasteiger partial charge in [0.15, 0.2) is 5.17 Å². The Morgan fingerprint density at radius 3 is 2.31 bits per heavy atom. The largest absolute Gasteiger partial charge is 0.305 e. The van der Waals surface area contributed by atoms with Crippen LogP contribution in [-0.2, 0) is 28.9 Å². The van der Waals surface area contributed by atoms with Gasteiger partial charge >= 0.3 is 0 Å². The van der Waals surface area contributed by atoms with Crippen LogP contribution >= 0.6 is 45.8 Å². The number of rotatable bonds is 10. The first-order valence-electron chi connectivity index (χ1n) is 9.78. The summed E-state index contributed by atoms with van der Waals surface area (Å²) in [5.41, 5.74) is 0. The standard InChI is InChI=1S/C20H22N6O2S4/c21-15(31-19(22)23-16(27)11-13-5-3-9-29-13)7-1-2-8-18-25-26-20(32-18)24-17(28)12-14-6-4-10-30-14/h3-6,9-10,21H,1-2,7-8,11-12H2,(H2,22,23,27)(H,24,26,28). The van der Waals surface area contributed by atoms with Crippen LogP contribution in [0.5, 0.6) is 0 Å². The van der Waals surface area contributed by atoms with Crippen molar-refractivity contribution in [1.82, 2.24) is 15.5 Å². The Hall–Kier alpha value is -2.41. The van der Waals surface area contributed by atoms with Gasteiger partial charge in [0.2, 0.25) is 16.9 Å². The molecule has 3 aromatic heterocycles. The smallest absolute Gasteiger partial charge is 0.231 e. The number of amidine groups is 1. The van der Waals surface area contributed by atoms with Gasteiger partial charge in [-0.25, -0.2) is 0 Å². The first-order valence-corrected chi connectivity index (χ1v) is 13.2. The number of carbonyl (C=O) groups is 2. The summed E-state index contributed by atoms with van der Waals surface area (Å²) >= 11 is 5.37. The molecule has 2 amide bonds. The fourth-order valence-electron chi connectivity index (χ4n) is 2.64. The topological polar surface area (TPSA) is 132 Å². The molecule has 12 heteroatoms. The van der Waals surface area contributed by atoms with Gasteiger partial charge in [-0.15, -0.1) is 32.9 Å². The Kier molecular flexibility index (Phi) is 9.53. The number of aryl methyl sites for hydroxylation is 1. The number of thiophene rings is 2. The molecule has 0 aliphatic heterocycles. The molecule has 0 fully saturated rings. The van der Waals surface area contributed by atoms with Crippen molar-refractivity contribution in [3.63, 3.8) is 0 Å². The van der Waals surface area contributed by atoms with Gasteiger partial charge in [-0.2, -0.15) is 0 Å². The number of hydrogen-bond donors (Lipinski definition) is 4. The summed E-state index contributed by atoms with van der Waals surface area (Å²) in [6.07, 6.45) is 3.39. The van der Waals surface area contributed by atoms with Crippen molar-refractivity contribution < 1.29 is 9.59 Å². The van der Waals surface area contributed by atoms with Gasteiger partial charge in [-0.3, -0.25) is 20.4 Å². The number of aromatic nitrogens is 2. The zero-order valence-electron chi connectivity index (χ0n) is 17.1. The Morgan fingerprint density at radius 2 is 1.66 bits per heavy atom. The highest BCUT2D eigenvalue weighted by atomic mass is 32.2. The molecular formula is C20H22N6O2S4. The van der Waals surface area contributed by atoms with Crippen LogP contribution in [-0.4, -0.2) is 32.2 Å². The summed E-state index contributed by atoms with van der Waals surface area (Å²) in [7, 11) is 0. The van der Waals surface area contributed by atoms with E-state index in [2.05, 4.69) is 20.8 Å². The molecule has 32 heavy (non-hydrogen) atoms. The maximum atomic E-state index is 12.0. The van der Waals surface area contributed by atoms with Crippen LogP contribution in [0, 0.1) is 10.8 Å². The highest BCUT2D eigenvalue weighted by Crippen LogP contribution is 2.19. The molecule has 0 unspecified atom stereocenters. The van der Waals surface area contributed by atoms with Crippen LogP contribution < -0.4 is 10.6 Å². The molecule has 0 aromatic carbocycles. The molecule has 168 valence electrons. The summed E-state index contributed by atoms with van der Waals surface area (Å²) < 4.78 is 0. The van der Waals surface area contributed by atoms with Gasteiger partial charge in [-0.05, 0) is 53.9 Å². The van der Waals surface area contributed by atoms with E-state index in [1.807, 2.05) is 35.0 Å². The number of nitrogens with one attached hydrogen (secondary N) is 4. The summed E-state index contributed by atoms with van der Waals surface area (Å²) in [5.74, 6) is -0.349. The SMILES string of the molecule is N=C(CCCCc1nnc(NC(=O)Cc2cccs2)s1)SC(=N)NC(=O)Cc1cccs1. The van der Waals surface area contributed by atoms with Crippen molar-refractivity contribution in [2.45, 2.75) is 38.5 Å². The van der Waals surface area contributed by atoms with Gasteiger partial charge in [0.1, 0.15) is 5.01 Å². The van der Waals surface area contributed by atoms with Crippen LogP contribution in [0.2, 0.25) is 0 Å². The fraction of sp³-hybridized carbons (Fsp3) is 0.300. The first kappa shape index (κ1) is 24.2. The molecule has 0 radical (unpaired) electrons. The molecule has 0 bridgehead atoms. The predicted molar refractivity (Wildman–Crippen MR) is 133 cm³/mol. The van der Waals surface area contributed by atoms with Crippen LogP contribution in [0.4, 0.5) is 5.13 Å². The van der Waals surface area contributed by atoms with E-state index in [-0.39, 0.29) is 23.4 Å². The summed E-state index contributed by atoms with van der Waals surface area (Å²) in [6, 6.07) is 7.60. The van der Waals surface area contributed by atoms with E-state index in [1.54, 1.807) is 11.3 Å². The maximum absolute atomic E-state index is 12.0. The lowest BCUT2D eigenvalue weighted by molar-refractivity contribution is -0.119. The average molecular weight is 507 g/mol. The predicted octanol–water partition coefficient (Wildman–Crippen LogP) is 4.56. The summed E-state index contributed by atoms with van der Waals surface area (Å²) in [4.78, 5) is 25.9. The zero-order valence-corrected chi connectivity index (χ0v) is 20.3. The zero-order chi connectivity index (χ0) is 22.8. The van der Waals surface area contributed by atoms with E-state index in [0.29, 0.717) is 29.4 Å². The summed E-state index contributed by atoms with van der Waals surface area (Å²) in [5, 5.41) is 34.8. The number of thioether (sulfide) groups is 1. The third kappa shape index (κ3) is 8.61. The van der Waals surface area contributed by atoms with Crippen molar-refractivity contribution >= 4 is 72.9 Å². The Balaban J connectivity index is 1.28. The second-order valence-electron chi connectivity index (χ2n) is 6.67. The second kappa shape index (κ2) is 12.6. The number of nitrogens with zero attached hydrogens (tertiary/aromatic N) is 2. The van der Waals surface area contributed by atoms with Crippen molar-refractivity contribution in [3.05, 3.63) is 49.8 Å². The highest BCUT2D eigenvalue weighted by Gasteiger charge is 2.11. The van der Waals surface area contributed by atoms with Gasteiger partial charge in [-0.1, -0.05) is 23.5 Å². The van der Waals surface area contributed by atoms with Crippen molar-refractivity contribution in [2.24, 2.45) is 0 Å². The Bertz CT molecular complexity index is 1050. The molecule has 0 aliphatic carbocycles. The first-order chi connectivity index (χ1) is 15.5. The lowest BCUT2D eigenvalue weighted by Crippen LogP contribution is -2.29. The van der Waals surface area contributed by atoms with Crippen molar-refractivity contribution in [2.75, 3.05) is 5.32 Å². The van der Waals surface area contributed by atoms with E-state index in [9.17, 15) is 9.59 Å². The molecule has 0 saturated heterocycles. The highest BCUT2D eigenvalue weighted by molar-refractivity contribution is 8.26. The van der Waals surface area contributed by atoms with Crippen molar-refractivity contribution in [1.29, 1.82) is 10.8 Å². The monoisotopic (exact) mass is 506 g/mol. The van der Waals surface area contributed by atoms with Crippen molar-refractivity contribution in [3.8, 4) is 0 Å². The quantitative estimate of drug-likeness (QED) is 0.182. The molecule has 3 rings (SSSR count). The van der Waals surface area contributed by atoms with Gasteiger partial charge < -0.3 is 10.6 Å². The number of carbonyl (C=O) groups excluding carboxylic acids is 2. The maximum Gasteiger partial charge on any atom is 0.231 e. The number of amides is 2. The van der Waals surface area contributed by atoms with Gasteiger partial charge in [0.05, 0.1) is 17.9 Å². The number of hydrogen-bond acceptors (Lipinski definition) is 10. The molecular weight excluding hydrogens is 485 g/mol. The molecule has 0 aliphatic rings.